The Bertz CT molecular complexity index is 181. The minimum atomic E-state index is 0.340. The summed E-state index contributed by atoms with van der Waals surface area (Å²) in [4.78, 5) is 11.0. The van der Waals surface area contributed by atoms with E-state index >= 15 is 0 Å². The molecule has 2 aliphatic carbocycles. The lowest BCUT2D eigenvalue weighted by Gasteiger charge is -2.02. The highest BCUT2D eigenvalue weighted by Gasteiger charge is 2.26. The van der Waals surface area contributed by atoms with Crippen molar-refractivity contribution in [3.05, 3.63) is 12.2 Å². The van der Waals surface area contributed by atoms with Crippen molar-refractivity contribution in [2.45, 2.75) is 25.7 Å². The summed E-state index contributed by atoms with van der Waals surface area (Å²) in [5.74, 6) is 1.79. The van der Waals surface area contributed by atoms with Crippen molar-refractivity contribution in [1.82, 2.24) is 0 Å². The van der Waals surface area contributed by atoms with Gasteiger partial charge in [-0.15, -0.1) is 0 Å². The molecule has 0 aromatic heterocycles. The summed E-state index contributed by atoms with van der Waals surface area (Å²) in [5.41, 5.74) is 0. The van der Waals surface area contributed by atoms with E-state index in [9.17, 15) is 4.79 Å². The molecule has 1 saturated carbocycles. The van der Waals surface area contributed by atoms with Crippen LogP contribution in [0.2, 0.25) is 0 Å². The van der Waals surface area contributed by atoms with Crippen molar-refractivity contribution in [2.24, 2.45) is 11.8 Å². The van der Waals surface area contributed by atoms with Gasteiger partial charge in [-0.05, 0) is 37.2 Å². The molecule has 1 fully saturated rings. The largest absolute Gasteiger partial charge is 0.295 e. The first kappa shape index (κ1) is 6.14. The van der Waals surface area contributed by atoms with E-state index in [1.54, 1.807) is 6.08 Å². The molecule has 1 nitrogen and oxygen atoms in total. The molecule has 54 valence electrons. The van der Waals surface area contributed by atoms with Crippen molar-refractivity contribution in [3.8, 4) is 0 Å². The molecule has 2 atom stereocenters. The molecule has 2 aliphatic rings. The molecule has 0 amide bonds. The number of ketones is 1. The average Bonchev–Trinajstić information content (AvgIpc) is 2.22. The zero-order valence-electron chi connectivity index (χ0n) is 6.05. The predicted octanol–water partition coefficient (Wildman–Crippen LogP) is 1.93. The van der Waals surface area contributed by atoms with E-state index in [0.29, 0.717) is 11.7 Å². The normalized spacial score (nSPS) is 38.2. The third kappa shape index (κ3) is 1.00. The van der Waals surface area contributed by atoms with Crippen LogP contribution < -0.4 is 0 Å². The van der Waals surface area contributed by atoms with Gasteiger partial charge in [0.2, 0.25) is 0 Å². The third-order valence-corrected chi connectivity index (χ3v) is 2.63. The van der Waals surface area contributed by atoms with Crippen molar-refractivity contribution in [2.75, 3.05) is 0 Å². The van der Waals surface area contributed by atoms with Crippen LogP contribution in [0.1, 0.15) is 25.7 Å². The van der Waals surface area contributed by atoms with Gasteiger partial charge in [0, 0.05) is 6.42 Å². The van der Waals surface area contributed by atoms with E-state index in [-0.39, 0.29) is 0 Å². The van der Waals surface area contributed by atoms with Gasteiger partial charge in [0.05, 0.1) is 0 Å². The lowest BCUT2D eigenvalue weighted by molar-refractivity contribution is -0.115. The molecular formula is C9H12O. The van der Waals surface area contributed by atoms with Gasteiger partial charge < -0.3 is 0 Å². The van der Waals surface area contributed by atoms with Crippen LogP contribution in [0.3, 0.4) is 0 Å². The second-order valence-electron chi connectivity index (χ2n) is 3.47. The minimum Gasteiger partial charge on any atom is -0.295 e. The molecule has 1 heteroatoms. The molecule has 0 saturated heterocycles. The Morgan fingerprint density at radius 1 is 1.40 bits per heavy atom. The van der Waals surface area contributed by atoms with E-state index in [1.807, 2.05) is 0 Å². The molecular weight excluding hydrogens is 124 g/mol. The highest BCUT2D eigenvalue weighted by molar-refractivity contribution is 5.90. The van der Waals surface area contributed by atoms with Crippen LogP contribution in [0.15, 0.2) is 12.2 Å². The van der Waals surface area contributed by atoms with Crippen LogP contribution in [0.4, 0.5) is 0 Å². The summed E-state index contributed by atoms with van der Waals surface area (Å²) in [5, 5.41) is 0. The molecule has 0 aromatic rings. The zero-order chi connectivity index (χ0) is 6.97. The number of hydrogen-bond donors (Lipinski definition) is 0. The number of carbonyl (C=O) groups excluding carboxylic acids is 1. The van der Waals surface area contributed by atoms with Gasteiger partial charge in [0.25, 0.3) is 0 Å². The average molecular weight is 136 g/mol. The molecule has 2 rings (SSSR count). The first-order chi connectivity index (χ1) is 4.84. The van der Waals surface area contributed by atoms with Crippen LogP contribution >= 0.6 is 0 Å². The molecule has 10 heavy (non-hydrogen) atoms. The number of rotatable bonds is 0. The Labute approximate surface area is 61.1 Å². The summed E-state index contributed by atoms with van der Waals surface area (Å²) in [6.45, 7) is 0. The van der Waals surface area contributed by atoms with Crippen LogP contribution in [0, 0.1) is 11.8 Å². The minimum absolute atomic E-state index is 0.340. The topological polar surface area (TPSA) is 17.1 Å². The maximum absolute atomic E-state index is 11.0. The molecule has 0 aromatic carbocycles. The molecule has 2 bridgehead atoms. The standard InChI is InChI=1S/C9H12O/c10-9-4-3-7-1-2-8(5-7)6-9/h3-4,7-8H,1-2,5-6H2/t7-,8-/m0/s1. The molecule has 0 spiro atoms. The van der Waals surface area contributed by atoms with Crippen molar-refractivity contribution < 1.29 is 4.79 Å². The number of hydrogen-bond acceptors (Lipinski definition) is 1. The fourth-order valence-electron chi connectivity index (χ4n) is 2.07. The van der Waals surface area contributed by atoms with Crippen LogP contribution in [-0.4, -0.2) is 5.78 Å². The van der Waals surface area contributed by atoms with Gasteiger partial charge in [-0.2, -0.15) is 0 Å². The summed E-state index contributed by atoms with van der Waals surface area (Å²) >= 11 is 0. The fraction of sp³-hybridized carbons (Fsp3) is 0.667. The quantitative estimate of drug-likeness (QED) is 0.497. The first-order valence-corrected chi connectivity index (χ1v) is 4.05. The highest BCUT2D eigenvalue weighted by atomic mass is 16.1. The molecule has 0 radical (unpaired) electrons. The Morgan fingerprint density at radius 2 is 2.30 bits per heavy atom. The highest BCUT2D eigenvalue weighted by Crippen LogP contribution is 2.35. The van der Waals surface area contributed by atoms with E-state index in [4.69, 9.17) is 0 Å². The Balaban J connectivity index is 2.18. The monoisotopic (exact) mass is 136 g/mol. The van der Waals surface area contributed by atoms with Crippen molar-refractivity contribution in [1.29, 1.82) is 0 Å². The summed E-state index contributed by atoms with van der Waals surface area (Å²) in [6, 6.07) is 0. The zero-order valence-corrected chi connectivity index (χ0v) is 6.05. The lowest BCUT2D eigenvalue weighted by atomic mass is 10.0. The summed E-state index contributed by atoms with van der Waals surface area (Å²) in [7, 11) is 0. The van der Waals surface area contributed by atoms with Gasteiger partial charge in [0.15, 0.2) is 5.78 Å². The third-order valence-electron chi connectivity index (χ3n) is 2.63. The van der Waals surface area contributed by atoms with Crippen LogP contribution in [0.5, 0.6) is 0 Å². The summed E-state index contributed by atoms with van der Waals surface area (Å²) in [6.07, 6.45) is 8.56. The Kier molecular flexibility index (Phi) is 1.37. The van der Waals surface area contributed by atoms with Gasteiger partial charge >= 0.3 is 0 Å². The van der Waals surface area contributed by atoms with E-state index in [2.05, 4.69) is 6.08 Å². The van der Waals surface area contributed by atoms with E-state index in [1.165, 1.54) is 19.3 Å². The second-order valence-corrected chi connectivity index (χ2v) is 3.47. The Morgan fingerprint density at radius 3 is 3.20 bits per heavy atom. The smallest absolute Gasteiger partial charge is 0.155 e. The van der Waals surface area contributed by atoms with Gasteiger partial charge in [-0.1, -0.05) is 6.08 Å². The van der Waals surface area contributed by atoms with E-state index in [0.717, 1.165) is 12.3 Å². The molecule has 0 aliphatic heterocycles. The van der Waals surface area contributed by atoms with Gasteiger partial charge in [-0.3, -0.25) is 4.79 Å². The number of allylic oxidation sites excluding steroid dienone is 2. The van der Waals surface area contributed by atoms with Crippen LogP contribution in [0.25, 0.3) is 0 Å². The Hall–Kier alpha value is -0.590. The van der Waals surface area contributed by atoms with Gasteiger partial charge in [0.1, 0.15) is 0 Å². The maximum atomic E-state index is 11.0. The first-order valence-electron chi connectivity index (χ1n) is 4.05. The maximum Gasteiger partial charge on any atom is 0.155 e. The molecule has 0 unspecified atom stereocenters. The summed E-state index contributed by atoms with van der Waals surface area (Å²) < 4.78 is 0. The van der Waals surface area contributed by atoms with Gasteiger partial charge in [-0.25, -0.2) is 0 Å². The predicted molar refractivity (Wildman–Crippen MR) is 39.6 cm³/mol. The number of carbonyl (C=O) groups is 1. The van der Waals surface area contributed by atoms with Crippen LogP contribution in [-0.2, 0) is 4.79 Å². The fourth-order valence-corrected chi connectivity index (χ4v) is 2.07. The van der Waals surface area contributed by atoms with Crippen molar-refractivity contribution in [3.63, 3.8) is 0 Å². The second kappa shape index (κ2) is 2.22. The van der Waals surface area contributed by atoms with E-state index < -0.39 is 0 Å². The van der Waals surface area contributed by atoms with Crippen molar-refractivity contribution >= 4 is 5.78 Å². The molecule has 0 N–H and O–H groups in total. The number of fused-ring (bicyclic) bond motifs is 2. The SMILES string of the molecule is O=C1C=C[C@@H]2CC[C@H](C1)C2. The molecule has 0 heterocycles. The lowest BCUT2D eigenvalue weighted by Crippen LogP contribution is -2.00.